The maximum atomic E-state index is 5.38. The number of aromatic nitrogens is 2. The molecular formula is C20H31N5O. The predicted molar refractivity (Wildman–Crippen MR) is 107 cm³/mol. The number of hydrogen-bond acceptors (Lipinski definition) is 3. The highest BCUT2D eigenvalue weighted by atomic mass is 16.3. The fourth-order valence-corrected chi connectivity index (χ4v) is 2.83. The molecule has 2 aromatic rings. The van der Waals surface area contributed by atoms with E-state index in [4.69, 9.17) is 4.42 Å². The van der Waals surface area contributed by atoms with E-state index in [1.807, 2.05) is 30.8 Å². The lowest BCUT2D eigenvalue weighted by molar-refractivity contribution is 0.506. The molecule has 0 amide bonds. The van der Waals surface area contributed by atoms with Crippen molar-refractivity contribution in [1.29, 1.82) is 0 Å². The molecule has 142 valence electrons. The lowest BCUT2D eigenvalue weighted by atomic mass is 10.1. The highest BCUT2D eigenvalue weighted by molar-refractivity contribution is 5.80. The van der Waals surface area contributed by atoms with Gasteiger partial charge in [-0.25, -0.2) is 4.99 Å². The Morgan fingerprint density at radius 3 is 2.77 bits per heavy atom. The van der Waals surface area contributed by atoms with Crippen molar-refractivity contribution in [2.24, 2.45) is 12.0 Å². The van der Waals surface area contributed by atoms with Crippen molar-refractivity contribution >= 4 is 5.96 Å². The summed E-state index contributed by atoms with van der Waals surface area (Å²) in [6.07, 6.45) is 3.41. The summed E-state index contributed by atoms with van der Waals surface area (Å²) in [6, 6.07) is 4.12. The minimum atomic E-state index is 0.233. The van der Waals surface area contributed by atoms with Crippen LogP contribution in [0.25, 0.3) is 0 Å². The number of rotatable bonds is 8. The Bertz CT molecular complexity index is 743. The van der Waals surface area contributed by atoms with Crippen LogP contribution in [0.15, 0.2) is 40.0 Å². The van der Waals surface area contributed by atoms with Gasteiger partial charge in [0.15, 0.2) is 5.96 Å². The third kappa shape index (κ3) is 5.79. The van der Waals surface area contributed by atoms with Crippen molar-refractivity contribution in [3.63, 3.8) is 0 Å². The summed E-state index contributed by atoms with van der Waals surface area (Å²) < 4.78 is 7.32. The van der Waals surface area contributed by atoms with E-state index in [1.54, 1.807) is 6.26 Å². The first-order valence-electron chi connectivity index (χ1n) is 9.07. The van der Waals surface area contributed by atoms with Crippen molar-refractivity contribution in [2.45, 2.75) is 46.6 Å². The largest absolute Gasteiger partial charge is 0.469 e. The number of aliphatic imine (C=N–C) groups is 1. The normalized spacial score (nSPS) is 12.9. The third-order valence-corrected chi connectivity index (χ3v) is 4.30. The summed E-state index contributed by atoms with van der Waals surface area (Å²) in [5, 5.41) is 11.4. The monoisotopic (exact) mass is 357 g/mol. The molecule has 6 heteroatoms. The Morgan fingerprint density at radius 2 is 2.19 bits per heavy atom. The van der Waals surface area contributed by atoms with Gasteiger partial charge in [0.25, 0.3) is 0 Å². The van der Waals surface area contributed by atoms with E-state index in [0.29, 0.717) is 6.54 Å². The molecular weight excluding hydrogens is 326 g/mol. The van der Waals surface area contributed by atoms with Crippen LogP contribution >= 0.6 is 0 Å². The van der Waals surface area contributed by atoms with Crippen molar-refractivity contribution in [3.8, 4) is 0 Å². The summed E-state index contributed by atoms with van der Waals surface area (Å²) >= 11 is 0. The Hall–Kier alpha value is -2.50. The van der Waals surface area contributed by atoms with E-state index >= 15 is 0 Å². The van der Waals surface area contributed by atoms with Crippen LogP contribution in [0.4, 0.5) is 0 Å². The minimum Gasteiger partial charge on any atom is -0.469 e. The van der Waals surface area contributed by atoms with Crippen LogP contribution in [0.5, 0.6) is 0 Å². The molecule has 1 atom stereocenters. The van der Waals surface area contributed by atoms with Gasteiger partial charge in [0.05, 0.1) is 18.5 Å². The lowest BCUT2D eigenvalue weighted by Crippen LogP contribution is -2.44. The number of hydrogen-bond donors (Lipinski definition) is 2. The summed E-state index contributed by atoms with van der Waals surface area (Å²) in [7, 11) is 1.99. The van der Waals surface area contributed by atoms with Crippen LogP contribution < -0.4 is 10.6 Å². The molecule has 0 spiro atoms. The third-order valence-electron chi connectivity index (χ3n) is 4.30. The molecule has 0 saturated heterocycles. The fourth-order valence-electron chi connectivity index (χ4n) is 2.83. The Kier molecular flexibility index (Phi) is 7.06. The Morgan fingerprint density at radius 1 is 1.42 bits per heavy atom. The molecule has 2 aromatic heterocycles. The highest BCUT2D eigenvalue weighted by Crippen LogP contribution is 2.14. The van der Waals surface area contributed by atoms with Crippen LogP contribution in [-0.4, -0.2) is 34.9 Å². The van der Waals surface area contributed by atoms with E-state index in [9.17, 15) is 0 Å². The standard InChI is InChI=1S/C20H31N5O/c1-14(2)13-22-20(21-10-9-18-8-7-11-26-18)23-15(3)12-19-16(4)24-25(6)17(19)5/h7-8,11,15H,1,9-10,12-13H2,2-6H3,(H2,21,22,23). The zero-order valence-electron chi connectivity index (χ0n) is 16.6. The summed E-state index contributed by atoms with van der Waals surface area (Å²) in [5.74, 6) is 1.76. The van der Waals surface area contributed by atoms with Crippen molar-refractivity contribution in [3.05, 3.63) is 53.3 Å². The number of aryl methyl sites for hydroxylation is 2. The molecule has 0 saturated carbocycles. The SMILES string of the molecule is C=C(C)CN=C(NCCc1ccco1)NC(C)Cc1c(C)nn(C)c1C. The molecule has 2 rings (SSSR count). The van der Waals surface area contributed by atoms with Gasteiger partial charge in [-0.2, -0.15) is 5.10 Å². The van der Waals surface area contributed by atoms with Crippen LogP contribution in [0, 0.1) is 13.8 Å². The van der Waals surface area contributed by atoms with Gasteiger partial charge in [-0.3, -0.25) is 4.68 Å². The number of guanidine groups is 1. The number of nitrogens with zero attached hydrogens (tertiary/aromatic N) is 3. The number of furan rings is 1. The van der Waals surface area contributed by atoms with Crippen LogP contribution in [0.2, 0.25) is 0 Å². The van der Waals surface area contributed by atoms with E-state index < -0.39 is 0 Å². The summed E-state index contributed by atoms with van der Waals surface area (Å²) in [4.78, 5) is 4.62. The summed E-state index contributed by atoms with van der Waals surface area (Å²) in [5.41, 5.74) is 4.62. The molecule has 0 radical (unpaired) electrons. The first-order chi connectivity index (χ1) is 12.4. The van der Waals surface area contributed by atoms with Crippen LogP contribution in [-0.2, 0) is 19.9 Å². The second-order valence-electron chi connectivity index (χ2n) is 6.90. The molecule has 0 aliphatic carbocycles. The molecule has 0 bridgehead atoms. The maximum Gasteiger partial charge on any atom is 0.191 e. The Balaban J connectivity index is 1.95. The molecule has 26 heavy (non-hydrogen) atoms. The minimum absolute atomic E-state index is 0.233. The molecule has 1 unspecified atom stereocenters. The molecule has 0 aliphatic heterocycles. The lowest BCUT2D eigenvalue weighted by Gasteiger charge is -2.18. The molecule has 0 fully saturated rings. The van der Waals surface area contributed by atoms with Gasteiger partial charge in [-0.15, -0.1) is 0 Å². The van der Waals surface area contributed by atoms with Crippen molar-refractivity contribution in [1.82, 2.24) is 20.4 Å². The van der Waals surface area contributed by atoms with Crippen LogP contribution in [0.3, 0.4) is 0 Å². The van der Waals surface area contributed by atoms with Crippen molar-refractivity contribution in [2.75, 3.05) is 13.1 Å². The van der Waals surface area contributed by atoms with E-state index in [-0.39, 0.29) is 6.04 Å². The van der Waals surface area contributed by atoms with Crippen LogP contribution in [0.1, 0.15) is 36.6 Å². The smallest absolute Gasteiger partial charge is 0.191 e. The zero-order valence-corrected chi connectivity index (χ0v) is 16.6. The summed E-state index contributed by atoms with van der Waals surface area (Å²) in [6.45, 7) is 13.6. The maximum absolute atomic E-state index is 5.38. The first kappa shape index (κ1) is 19.8. The molecule has 6 nitrogen and oxygen atoms in total. The molecule has 2 N–H and O–H groups in total. The molecule has 0 aromatic carbocycles. The van der Waals surface area contributed by atoms with E-state index in [2.05, 4.69) is 48.1 Å². The van der Waals surface area contributed by atoms with Gasteiger partial charge in [-0.1, -0.05) is 12.2 Å². The van der Waals surface area contributed by atoms with Gasteiger partial charge in [0.2, 0.25) is 0 Å². The second kappa shape index (κ2) is 9.27. The topological polar surface area (TPSA) is 67.4 Å². The van der Waals surface area contributed by atoms with Gasteiger partial charge >= 0.3 is 0 Å². The van der Waals surface area contributed by atoms with E-state index in [0.717, 1.165) is 42.4 Å². The van der Waals surface area contributed by atoms with Gasteiger partial charge < -0.3 is 15.1 Å². The molecule has 0 aliphatic rings. The predicted octanol–water partition coefficient (Wildman–Crippen LogP) is 2.91. The number of nitrogens with one attached hydrogen (secondary N) is 2. The first-order valence-corrected chi connectivity index (χ1v) is 9.07. The fraction of sp³-hybridized carbons (Fsp3) is 0.500. The average molecular weight is 358 g/mol. The van der Waals surface area contributed by atoms with Gasteiger partial charge in [-0.05, 0) is 51.8 Å². The van der Waals surface area contributed by atoms with Crippen molar-refractivity contribution < 1.29 is 4.42 Å². The Labute approximate surface area is 156 Å². The highest BCUT2D eigenvalue weighted by Gasteiger charge is 2.14. The second-order valence-corrected chi connectivity index (χ2v) is 6.90. The quantitative estimate of drug-likeness (QED) is 0.433. The van der Waals surface area contributed by atoms with E-state index in [1.165, 1.54) is 11.3 Å². The average Bonchev–Trinajstić information content (AvgIpc) is 3.17. The zero-order chi connectivity index (χ0) is 19.1. The van der Waals surface area contributed by atoms with Gasteiger partial charge in [0.1, 0.15) is 5.76 Å². The molecule has 2 heterocycles. The van der Waals surface area contributed by atoms with Gasteiger partial charge in [0, 0.05) is 31.7 Å².